The molecule has 0 saturated heterocycles. The fourth-order valence-corrected chi connectivity index (χ4v) is 1.87. The summed E-state index contributed by atoms with van der Waals surface area (Å²) in [7, 11) is 1.63. The molecule has 2 N–H and O–H groups in total. The van der Waals surface area contributed by atoms with Crippen LogP contribution in [0.3, 0.4) is 0 Å². The van der Waals surface area contributed by atoms with E-state index in [1.54, 1.807) is 12.0 Å². The third kappa shape index (κ3) is 4.65. The number of carbonyl (C=O) groups excluding carboxylic acids is 1. The number of methoxy groups -OCH3 is 1. The van der Waals surface area contributed by atoms with Gasteiger partial charge in [0.25, 0.3) is 5.91 Å². The second-order valence-electron chi connectivity index (χ2n) is 4.85. The molecule has 19 heavy (non-hydrogen) atoms. The van der Waals surface area contributed by atoms with Crippen molar-refractivity contribution in [1.29, 1.82) is 0 Å². The molecule has 1 rings (SSSR count). The van der Waals surface area contributed by atoms with Gasteiger partial charge in [-0.25, -0.2) is 0 Å². The van der Waals surface area contributed by atoms with Gasteiger partial charge in [-0.3, -0.25) is 4.79 Å². The van der Waals surface area contributed by atoms with Crippen molar-refractivity contribution in [2.45, 2.75) is 19.8 Å². The Morgan fingerprint density at radius 3 is 2.37 bits per heavy atom. The lowest BCUT2D eigenvalue weighted by molar-refractivity contribution is 0.0701. The number of nitrogens with two attached hydrogens (primary N) is 1. The fraction of sp³-hybridized carbons (Fsp3) is 0.533. The Kier molecular flexibility index (Phi) is 6.53. The zero-order valence-electron chi connectivity index (χ0n) is 12.1. The van der Waals surface area contributed by atoms with Gasteiger partial charge in [0.15, 0.2) is 0 Å². The Bertz CT molecular complexity index is 388. The largest absolute Gasteiger partial charge is 0.383 e. The zero-order valence-corrected chi connectivity index (χ0v) is 12.1. The monoisotopic (exact) mass is 264 g/mol. The van der Waals surface area contributed by atoms with Crippen molar-refractivity contribution in [3.05, 3.63) is 35.4 Å². The number of nitrogens with zero attached hydrogens (tertiary/aromatic N) is 1. The first-order valence-electron chi connectivity index (χ1n) is 6.68. The van der Waals surface area contributed by atoms with Crippen molar-refractivity contribution < 1.29 is 9.53 Å². The van der Waals surface area contributed by atoms with Crippen LogP contribution in [0.4, 0.5) is 0 Å². The summed E-state index contributed by atoms with van der Waals surface area (Å²) < 4.78 is 5.02. The first-order valence-corrected chi connectivity index (χ1v) is 6.68. The van der Waals surface area contributed by atoms with Crippen molar-refractivity contribution >= 4 is 5.91 Å². The first-order chi connectivity index (χ1) is 9.10. The van der Waals surface area contributed by atoms with Crippen molar-refractivity contribution in [2.75, 3.05) is 33.4 Å². The van der Waals surface area contributed by atoms with E-state index in [1.165, 1.54) is 5.56 Å². The Balaban J connectivity index is 2.77. The van der Waals surface area contributed by atoms with Gasteiger partial charge in [0.2, 0.25) is 0 Å². The summed E-state index contributed by atoms with van der Waals surface area (Å²) >= 11 is 0. The molecule has 0 aliphatic rings. The minimum Gasteiger partial charge on any atom is -0.383 e. The van der Waals surface area contributed by atoms with Gasteiger partial charge >= 0.3 is 0 Å². The zero-order chi connectivity index (χ0) is 14.3. The second-order valence-corrected chi connectivity index (χ2v) is 4.85. The number of hydrogen-bond acceptors (Lipinski definition) is 3. The van der Waals surface area contributed by atoms with Crippen LogP contribution in [0.5, 0.6) is 0 Å². The SMILES string of the molecule is COCCN(CCN)C(=O)c1ccc(C(C)C)cc1. The summed E-state index contributed by atoms with van der Waals surface area (Å²) in [4.78, 5) is 14.1. The molecule has 0 aliphatic carbocycles. The summed E-state index contributed by atoms with van der Waals surface area (Å²) in [5.74, 6) is 0.482. The Morgan fingerprint density at radius 1 is 1.26 bits per heavy atom. The minimum absolute atomic E-state index is 0.0119. The highest BCUT2D eigenvalue weighted by atomic mass is 16.5. The molecule has 0 unspecified atom stereocenters. The molecule has 0 radical (unpaired) electrons. The summed E-state index contributed by atoms with van der Waals surface area (Å²) in [6, 6.07) is 7.78. The van der Waals surface area contributed by atoms with Gasteiger partial charge < -0.3 is 15.4 Å². The molecule has 0 aromatic heterocycles. The molecule has 0 spiro atoms. The van der Waals surface area contributed by atoms with Gasteiger partial charge in [-0.2, -0.15) is 0 Å². The van der Waals surface area contributed by atoms with Gasteiger partial charge in [0.05, 0.1) is 6.61 Å². The molecule has 1 aromatic rings. The van der Waals surface area contributed by atoms with E-state index in [0.717, 1.165) is 0 Å². The molecule has 4 heteroatoms. The molecule has 0 saturated carbocycles. The number of carbonyl (C=O) groups is 1. The van der Waals surface area contributed by atoms with Crippen LogP contribution >= 0.6 is 0 Å². The second kappa shape index (κ2) is 7.92. The van der Waals surface area contributed by atoms with Gasteiger partial charge in [0, 0.05) is 32.3 Å². The Hall–Kier alpha value is -1.39. The van der Waals surface area contributed by atoms with Crippen LogP contribution in [-0.2, 0) is 4.74 Å². The molecular weight excluding hydrogens is 240 g/mol. The normalized spacial score (nSPS) is 10.8. The van der Waals surface area contributed by atoms with Crippen molar-refractivity contribution in [3.8, 4) is 0 Å². The number of hydrogen-bond donors (Lipinski definition) is 1. The van der Waals surface area contributed by atoms with Crippen molar-refractivity contribution in [2.24, 2.45) is 5.73 Å². The molecule has 0 heterocycles. The van der Waals surface area contributed by atoms with E-state index >= 15 is 0 Å². The Morgan fingerprint density at radius 2 is 1.89 bits per heavy atom. The van der Waals surface area contributed by atoms with Crippen LogP contribution in [-0.4, -0.2) is 44.2 Å². The lowest BCUT2D eigenvalue weighted by Crippen LogP contribution is -2.37. The van der Waals surface area contributed by atoms with Crippen LogP contribution in [0.2, 0.25) is 0 Å². The molecule has 1 amide bonds. The highest BCUT2D eigenvalue weighted by Gasteiger charge is 2.14. The third-order valence-corrected chi connectivity index (χ3v) is 3.08. The molecule has 0 bridgehead atoms. The maximum Gasteiger partial charge on any atom is 0.253 e. The van der Waals surface area contributed by atoms with E-state index in [-0.39, 0.29) is 5.91 Å². The molecule has 1 aromatic carbocycles. The molecule has 106 valence electrons. The quantitative estimate of drug-likeness (QED) is 0.818. The van der Waals surface area contributed by atoms with Crippen LogP contribution < -0.4 is 5.73 Å². The van der Waals surface area contributed by atoms with Crippen molar-refractivity contribution in [1.82, 2.24) is 4.90 Å². The smallest absolute Gasteiger partial charge is 0.253 e. The Labute approximate surface area is 115 Å². The number of rotatable bonds is 7. The fourth-order valence-electron chi connectivity index (χ4n) is 1.87. The number of benzene rings is 1. The molecular formula is C15H24N2O2. The summed E-state index contributed by atoms with van der Waals surface area (Å²) in [6.07, 6.45) is 0. The van der Waals surface area contributed by atoms with E-state index in [4.69, 9.17) is 10.5 Å². The lowest BCUT2D eigenvalue weighted by Gasteiger charge is -2.22. The van der Waals surface area contributed by atoms with Crippen LogP contribution in [0.25, 0.3) is 0 Å². The summed E-state index contributed by atoms with van der Waals surface area (Å²) in [5.41, 5.74) is 7.48. The molecule has 0 atom stereocenters. The maximum absolute atomic E-state index is 12.3. The predicted octanol–water partition coefficient (Wildman–Crippen LogP) is 1.86. The van der Waals surface area contributed by atoms with E-state index in [0.29, 0.717) is 37.7 Å². The van der Waals surface area contributed by atoms with Crippen LogP contribution in [0.1, 0.15) is 35.7 Å². The highest BCUT2D eigenvalue weighted by molar-refractivity contribution is 5.94. The summed E-state index contributed by atoms with van der Waals surface area (Å²) in [5, 5.41) is 0. The van der Waals surface area contributed by atoms with Gasteiger partial charge in [0.1, 0.15) is 0 Å². The predicted molar refractivity (Wildman–Crippen MR) is 77.4 cm³/mol. The minimum atomic E-state index is 0.0119. The average molecular weight is 264 g/mol. The maximum atomic E-state index is 12.3. The standard InChI is InChI=1S/C15H24N2O2/c1-12(2)13-4-6-14(7-5-13)15(18)17(9-8-16)10-11-19-3/h4-7,12H,8-11,16H2,1-3H3. The van der Waals surface area contributed by atoms with Gasteiger partial charge in [-0.1, -0.05) is 26.0 Å². The van der Waals surface area contributed by atoms with Crippen LogP contribution in [0.15, 0.2) is 24.3 Å². The number of amides is 1. The van der Waals surface area contributed by atoms with E-state index in [2.05, 4.69) is 13.8 Å². The molecule has 4 nitrogen and oxygen atoms in total. The number of ether oxygens (including phenoxy) is 1. The third-order valence-electron chi connectivity index (χ3n) is 3.08. The van der Waals surface area contributed by atoms with Gasteiger partial charge in [-0.05, 0) is 23.6 Å². The highest BCUT2D eigenvalue weighted by Crippen LogP contribution is 2.15. The van der Waals surface area contributed by atoms with E-state index in [9.17, 15) is 4.79 Å². The lowest BCUT2D eigenvalue weighted by atomic mass is 10.0. The topological polar surface area (TPSA) is 55.6 Å². The summed E-state index contributed by atoms with van der Waals surface area (Å²) in [6.45, 7) is 6.37. The average Bonchev–Trinajstić information content (AvgIpc) is 2.42. The van der Waals surface area contributed by atoms with E-state index < -0.39 is 0 Å². The van der Waals surface area contributed by atoms with E-state index in [1.807, 2.05) is 24.3 Å². The van der Waals surface area contributed by atoms with Crippen LogP contribution in [0, 0.1) is 0 Å². The molecule has 0 aliphatic heterocycles. The van der Waals surface area contributed by atoms with Crippen molar-refractivity contribution in [3.63, 3.8) is 0 Å². The molecule has 0 fully saturated rings. The first kappa shape index (κ1) is 15.7. The van der Waals surface area contributed by atoms with Gasteiger partial charge in [-0.15, -0.1) is 0 Å².